The van der Waals surface area contributed by atoms with Crippen LogP contribution >= 0.6 is 11.6 Å². The molecule has 0 spiro atoms. The van der Waals surface area contributed by atoms with E-state index in [1.54, 1.807) is 24.3 Å². The molecule has 1 aliphatic carbocycles. The predicted molar refractivity (Wildman–Crippen MR) is 85.8 cm³/mol. The molecule has 0 aromatic heterocycles. The number of carboxylic acids is 1. The molecule has 118 valence electrons. The summed E-state index contributed by atoms with van der Waals surface area (Å²) < 4.78 is 0. The van der Waals surface area contributed by atoms with Crippen LogP contribution in [0, 0.1) is 0 Å². The van der Waals surface area contributed by atoms with Crippen molar-refractivity contribution in [3.63, 3.8) is 0 Å². The molecule has 0 heterocycles. The van der Waals surface area contributed by atoms with Gasteiger partial charge >= 0.3 is 5.97 Å². The number of halogens is 1. The van der Waals surface area contributed by atoms with Gasteiger partial charge in [-0.1, -0.05) is 35.4 Å². The van der Waals surface area contributed by atoms with Gasteiger partial charge in [-0.15, -0.1) is 0 Å². The summed E-state index contributed by atoms with van der Waals surface area (Å²) >= 11 is 5.85. The number of carbonyl (C=O) groups excluding carboxylic acids is 1. The summed E-state index contributed by atoms with van der Waals surface area (Å²) in [6, 6.07) is 6.35. The second kappa shape index (κ2) is 7.99. The molecule has 1 aliphatic rings. The molecule has 0 fully saturated rings. The number of allylic oxidation sites excluding steroid dienone is 1. The highest BCUT2D eigenvalue weighted by Crippen LogP contribution is 2.22. The Kier molecular flexibility index (Phi) is 6.01. The van der Waals surface area contributed by atoms with E-state index in [2.05, 4.69) is 11.4 Å². The molecule has 0 unspecified atom stereocenters. The maximum atomic E-state index is 12.2. The van der Waals surface area contributed by atoms with Crippen molar-refractivity contribution in [2.45, 2.75) is 44.6 Å². The van der Waals surface area contributed by atoms with Crippen LogP contribution in [0.3, 0.4) is 0 Å². The Hall–Kier alpha value is -1.81. The SMILES string of the molecule is O=C(O)C[C@H](NC(=O)CC1=CCCCC1)c1ccc(Cl)cc1. The summed E-state index contributed by atoms with van der Waals surface area (Å²) in [5.41, 5.74) is 1.90. The van der Waals surface area contributed by atoms with Crippen LogP contribution in [0.25, 0.3) is 0 Å². The molecule has 1 amide bonds. The largest absolute Gasteiger partial charge is 0.481 e. The van der Waals surface area contributed by atoms with E-state index in [1.165, 1.54) is 6.42 Å². The number of hydrogen-bond donors (Lipinski definition) is 2. The summed E-state index contributed by atoms with van der Waals surface area (Å²) in [6.07, 6.45) is 6.61. The molecule has 2 N–H and O–H groups in total. The van der Waals surface area contributed by atoms with E-state index < -0.39 is 12.0 Å². The van der Waals surface area contributed by atoms with Gasteiger partial charge in [-0.05, 0) is 43.4 Å². The molecule has 1 atom stereocenters. The molecule has 5 heteroatoms. The van der Waals surface area contributed by atoms with Crippen molar-refractivity contribution in [1.82, 2.24) is 5.32 Å². The van der Waals surface area contributed by atoms with Gasteiger partial charge in [0.05, 0.1) is 12.5 Å². The fourth-order valence-corrected chi connectivity index (χ4v) is 2.76. The molecule has 0 aliphatic heterocycles. The van der Waals surface area contributed by atoms with Gasteiger partial charge in [-0.2, -0.15) is 0 Å². The lowest BCUT2D eigenvalue weighted by Gasteiger charge is -2.19. The zero-order valence-corrected chi connectivity index (χ0v) is 13.1. The number of rotatable bonds is 6. The molecule has 1 aromatic rings. The molecule has 0 saturated heterocycles. The summed E-state index contributed by atoms with van der Waals surface area (Å²) in [4.78, 5) is 23.2. The maximum Gasteiger partial charge on any atom is 0.305 e. The third-order valence-electron chi connectivity index (χ3n) is 3.76. The van der Waals surface area contributed by atoms with Gasteiger partial charge in [0.2, 0.25) is 5.91 Å². The zero-order valence-electron chi connectivity index (χ0n) is 12.3. The molecule has 22 heavy (non-hydrogen) atoms. The Morgan fingerprint density at radius 1 is 1.23 bits per heavy atom. The Balaban J connectivity index is 2.02. The number of aliphatic carboxylic acids is 1. The van der Waals surface area contributed by atoms with Gasteiger partial charge in [-0.25, -0.2) is 0 Å². The maximum absolute atomic E-state index is 12.2. The van der Waals surface area contributed by atoms with Crippen LogP contribution in [0.4, 0.5) is 0 Å². The number of carbonyl (C=O) groups is 2. The van der Waals surface area contributed by atoms with E-state index >= 15 is 0 Å². The average Bonchev–Trinajstić information content (AvgIpc) is 2.48. The Morgan fingerprint density at radius 3 is 2.55 bits per heavy atom. The second-order valence-corrected chi connectivity index (χ2v) is 5.99. The van der Waals surface area contributed by atoms with Crippen molar-refractivity contribution in [2.24, 2.45) is 0 Å². The number of benzene rings is 1. The van der Waals surface area contributed by atoms with Crippen LogP contribution in [0.15, 0.2) is 35.9 Å². The van der Waals surface area contributed by atoms with Crippen LogP contribution < -0.4 is 5.32 Å². The van der Waals surface area contributed by atoms with E-state index in [0.29, 0.717) is 11.4 Å². The van der Waals surface area contributed by atoms with Gasteiger partial charge in [0, 0.05) is 11.4 Å². The van der Waals surface area contributed by atoms with E-state index in [0.717, 1.165) is 30.4 Å². The fourth-order valence-electron chi connectivity index (χ4n) is 2.64. The molecular weight excluding hydrogens is 302 g/mol. The molecule has 1 aromatic carbocycles. The summed E-state index contributed by atoms with van der Waals surface area (Å²) in [7, 11) is 0. The third kappa shape index (κ3) is 5.19. The third-order valence-corrected chi connectivity index (χ3v) is 4.01. The first-order valence-corrected chi connectivity index (χ1v) is 7.87. The average molecular weight is 322 g/mol. The molecule has 0 bridgehead atoms. The van der Waals surface area contributed by atoms with Crippen LogP contribution in [0.5, 0.6) is 0 Å². The number of hydrogen-bond acceptors (Lipinski definition) is 2. The highest BCUT2D eigenvalue weighted by atomic mass is 35.5. The van der Waals surface area contributed by atoms with Gasteiger partial charge in [0.15, 0.2) is 0 Å². The van der Waals surface area contributed by atoms with E-state index in [-0.39, 0.29) is 12.3 Å². The van der Waals surface area contributed by atoms with Crippen molar-refractivity contribution >= 4 is 23.5 Å². The summed E-state index contributed by atoms with van der Waals surface area (Å²) in [5.74, 6) is -1.08. The number of nitrogens with one attached hydrogen (secondary N) is 1. The van der Waals surface area contributed by atoms with Crippen LogP contribution in [0.2, 0.25) is 5.02 Å². The zero-order chi connectivity index (χ0) is 15.9. The minimum atomic E-state index is -0.947. The highest BCUT2D eigenvalue weighted by Gasteiger charge is 2.19. The van der Waals surface area contributed by atoms with Gasteiger partial charge in [-0.3, -0.25) is 9.59 Å². The quantitative estimate of drug-likeness (QED) is 0.782. The normalized spacial score (nSPS) is 15.8. The lowest BCUT2D eigenvalue weighted by Crippen LogP contribution is -2.30. The van der Waals surface area contributed by atoms with Crippen molar-refractivity contribution in [3.05, 3.63) is 46.5 Å². The molecule has 2 rings (SSSR count). The van der Waals surface area contributed by atoms with Crippen molar-refractivity contribution < 1.29 is 14.7 Å². The standard InChI is InChI=1S/C17H20ClNO3/c18-14-8-6-13(7-9-14)15(11-17(21)22)19-16(20)10-12-4-2-1-3-5-12/h4,6-9,15H,1-3,5,10-11H2,(H,19,20)(H,21,22)/t15-/m0/s1. The predicted octanol–water partition coefficient (Wildman–Crippen LogP) is 3.86. The molecule has 0 saturated carbocycles. The molecule has 0 radical (unpaired) electrons. The minimum absolute atomic E-state index is 0.130. The van der Waals surface area contributed by atoms with E-state index in [1.807, 2.05) is 0 Å². The van der Waals surface area contributed by atoms with Gasteiger partial charge in [0.1, 0.15) is 0 Å². The van der Waals surface area contributed by atoms with Crippen molar-refractivity contribution in [3.8, 4) is 0 Å². The Morgan fingerprint density at radius 2 is 1.95 bits per heavy atom. The second-order valence-electron chi connectivity index (χ2n) is 5.55. The van der Waals surface area contributed by atoms with Crippen LogP contribution in [0.1, 0.15) is 50.1 Å². The molecular formula is C17H20ClNO3. The highest BCUT2D eigenvalue weighted by molar-refractivity contribution is 6.30. The monoisotopic (exact) mass is 321 g/mol. The lowest BCUT2D eigenvalue weighted by molar-refractivity contribution is -0.137. The van der Waals surface area contributed by atoms with Crippen LogP contribution in [-0.4, -0.2) is 17.0 Å². The van der Waals surface area contributed by atoms with E-state index in [4.69, 9.17) is 16.7 Å². The van der Waals surface area contributed by atoms with Crippen molar-refractivity contribution in [1.29, 1.82) is 0 Å². The first-order chi connectivity index (χ1) is 10.5. The van der Waals surface area contributed by atoms with E-state index in [9.17, 15) is 9.59 Å². The van der Waals surface area contributed by atoms with Gasteiger partial charge < -0.3 is 10.4 Å². The minimum Gasteiger partial charge on any atom is -0.481 e. The number of amides is 1. The fraction of sp³-hybridized carbons (Fsp3) is 0.412. The first-order valence-electron chi connectivity index (χ1n) is 7.49. The van der Waals surface area contributed by atoms with Gasteiger partial charge in [0.25, 0.3) is 0 Å². The molecule has 4 nitrogen and oxygen atoms in total. The summed E-state index contributed by atoms with van der Waals surface area (Å²) in [5, 5.41) is 12.5. The van der Waals surface area contributed by atoms with Crippen molar-refractivity contribution in [2.75, 3.05) is 0 Å². The Bertz CT molecular complexity index is 566. The Labute approximate surface area is 135 Å². The smallest absolute Gasteiger partial charge is 0.305 e. The topological polar surface area (TPSA) is 66.4 Å². The first kappa shape index (κ1) is 16.6. The summed E-state index contributed by atoms with van der Waals surface area (Å²) in [6.45, 7) is 0. The van der Waals surface area contributed by atoms with Crippen LogP contribution in [-0.2, 0) is 9.59 Å². The number of carboxylic acid groups (broad SMARTS) is 1. The lowest BCUT2D eigenvalue weighted by atomic mass is 9.96.